The first-order valence-electron chi connectivity index (χ1n) is 3.76. The predicted molar refractivity (Wildman–Crippen MR) is 49.0 cm³/mol. The molecule has 1 rings (SSSR count). The molecule has 0 bridgehead atoms. The summed E-state index contributed by atoms with van der Waals surface area (Å²) in [7, 11) is 0. The molecule has 68 valence electrons. The molecule has 0 amide bonds. The molecule has 0 aliphatic carbocycles. The van der Waals surface area contributed by atoms with E-state index in [1.54, 1.807) is 19.1 Å². The number of benzene rings is 1. The lowest BCUT2D eigenvalue weighted by atomic mass is 10.1. The standard InChI is InChI=1S/C10H10O3/c1-3-13-8-4-5-9(10(11)12)7(2)6-8/h3-6H,1H2,2H3,(H,11,12). The van der Waals surface area contributed by atoms with Gasteiger partial charge in [0, 0.05) is 0 Å². The first-order valence-corrected chi connectivity index (χ1v) is 3.76. The van der Waals surface area contributed by atoms with Crippen LogP contribution in [0, 0.1) is 6.92 Å². The van der Waals surface area contributed by atoms with Gasteiger partial charge >= 0.3 is 5.97 Å². The lowest BCUT2D eigenvalue weighted by Crippen LogP contribution is -1.99. The molecule has 0 aliphatic heterocycles. The van der Waals surface area contributed by atoms with E-state index in [0.29, 0.717) is 11.3 Å². The van der Waals surface area contributed by atoms with Crippen LogP contribution in [0.4, 0.5) is 0 Å². The van der Waals surface area contributed by atoms with Gasteiger partial charge in [0.1, 0.15) is 5.75 Å². The maximum atomic E-state index is 10.6. The zero-order valence-corrected chi connectivity index (χ0v) is 7.28. The van der Waals surface area contributed by atoms with E-state index in [9.17, 15) is 4.79 Å². The number of hydrogen-bond acceptors (Lipinski definition) is 2. The molecule has 0 heterocycles. The second-order valence-corrected chi connectivity index (χ2v) is 2.57. The molecule has 0 fully saturated rings. The van der Waals surface area contributed by atoms with Crippen LogP contribution in [0.3, 0.4) is 0 Å². The Bertz CT molecular complexity index is 342. The van der Waals surface area contributed by atoms with Gasteiger partial charge in [0.15, 0.2) is 0 Å². The van der Waals surface area contributed by atoms with Crippen LogP contribution in [0.15, 0.2) is 31.0 Å². The smallest absolute Gasteiger partial charge is 0.335 e. The maximum Gasteiger partial charge on any atom is 0.335 e. The minimum absolute atomic E-state index is 0.288. The van der Waals surface area contributed by atoms with Gasteiger partial charge in [-0.2, -0.15) is 0 Å². The number of ether oxygens (including phenoxy) is 1. The second kappa shape index (κ2) is 3.76. The van der Waals surface area contributed by atoms with Crippen LogP contribution < -0.4 is 4.74 Å². The monoisotopic (exact) mass is 178 g/mol. The Balaban J connectivity index is 3.05. The van der Waals surface area contributed by atoms with Gasteiger partial charge in [-0.1, -0.05) is 6.58 Å². The van der Waals surface area contributed by atoms with Crippen molar-refractivity contribution in [3.05, 3.63) is 42.2 Å². The molecule has 0 radical (unpaired) electrons. The highest BCUT2D eigenvalue weighted by Gasteiger charge is 2.06. The van der Waals surface area contributed by atoms with Crippen LogP contribution in [-0.2, 0) is 0 Å². The molecule has 0 aliphatic rings. The van der Waals surface area contributed by atoms with Gasteiger partial charge in [0.2, 0.25) is 0 Å². The number of hydrogen-bond donors (Lipinski definition) is 1. The van der Waals surface area contributed by atoms with Crippen LogP contribution in [0.2, 0.25) is 0 Å². The second-order valence-electron chi connectivity index (χ2n) is 2.57. The molecule has 0 spiro atoms. The Hall–Kier alpha value is -1.77. The molecule has 0 saturated heterocycles. The van der Waals surface area contributed by atoms with Crippen molar-refractivity contribution in [2.75, 3.05) is 0 Å². The highest BCUT2D eigenvalue weighted by Crippen LogP contribution is 2.17. The first kappa shape index (κ1) is 9.32. The average molecular weight is 178 g/mol. The third kappa shape index (κ3) is 2.08. The summed E-state index contributed by atoms with van der Waals surface area (Å²) >= 11 is 0. The van der Waals surface area contributed by atoms with E-state index in [-0.39, 0.29) is 5.56 Å². The number of carboxylic acids is 1. The van der Waals surface area contributed by atoms with Crippen molar-refractivity contribution in [2.24, 2.45) is 0 Å². The van der Waals surface area contributed by atoms with Crippen molar-refractivity contribution < 1.29 is 14.6 Å². The molecule has 1 aromatic rings. The van der Waals surface area contributed by atoms with Crippen LogP contribution in [0.5, 0.6) is 5.75 Å². The van der Waals surface area contributed by atoms with Gasteiger partial charge in [-0.3, -0.25) is 0 Å². The van der Waals surface area contributed by atoms with Crippen LogP contribution in [0.25, 0.3) is 0 Å². The Labute approximate surface area is 76.3 Å². The normalized spacial score (nSPS) is 9.31. The molecule has 0 atom stereocenters. The molecule has 0 saturated carbocycles. The summed E-state index contributed by atoms with van der Waals surface area (Å²) in [5.41, 5.74) is 0.961. The number of carbonyl (C=O) groups is 1. The van der Waals surface area contributed by atoms with E-state index < -0.39 is 5.97 Å². The van der Waals surface area contributed by atoms with Crippen molar-refractivity contribution in [3.63, 3.8) is 0 Å². The third-order valence-electron chi connectivity index (χ3n) is 1.65. The van der Waals surface area contributed by atoms with Crippen LogP contribution in [-0.4, -0.2) is 11.1 Å². The van der Waals surface area contributed by atoms with E-state index in [1.165, 1.54) is 12.3 Å². The molecule has 3 nitrogen and oxygen atoms in total. The SMILES string of the molecule is C=COc1ccc(C(=O)O)c(C)c1. The third-order valence-corrected chi connectivity index (χ3v) is 1.65. The zero-order chi connectivity index (χ0) is 9.84. The van der Waals surface area contributed by atoms with Crippen LogP contribution in [0.1, 0.15) is 15.9 Å². The Morgan fingerprint density at radius 2 is 2.31 bits per heavy atom. The lowest BCUT2D eigenvalue weighted by molar-refractivity contribution is 0.0696. The summed E-state index contributed by atoms with van der Waals surface area (Å²) in [4.78, 5) is 10.6. The minimum Gasteiger partial charge on any atom is -0.478 e. The Morgan fingerprint density at radius 3 is 2.77 bits per heavy atom. The summed E-state index contributed by atoms with van der Waals surface area (Å²) in [6.07, 6.45) is 1.30. The molecular formula is C10H10O3. The minimum atomic E-state index is -0.928. The topological polar surface area (TPSA) is 46.5 Å². The number of aromatic carboxylic acids is 1. The summed E-state index contributed by atoms with van der Waals surface area (Å²) in [6.45, 7) is 5.13. The van der Waals surface area contributed by atoms with Crippen molar-refractivity contribution in [2.45, 2.75) is 6.92 Å². The number of rotatable bonds is 3. The van der Waals surface area contributed by atoms with E-state index in [1.807, 2.05) is 0 Å². The van der Waals surface area contributed by atoms with Gasteiger partial charge in [0.25, 0.3) is 0 Å². The van der Waals surface area contributed by atoms with E-state index in [2.05, 4.69) is 6.58 Å². The fourth-order valence-corrected chi connectivity index (χ4v) is 1.05. The zero-order valence-electron chi connectivity index (χ0n) is 7.28. The van der Waals surface area contributed by atoms with Gasteiger partial charge < -0.3 is 9.84 Å². The molecule has 13 heavy (non-hydrogen) atoms. The Morgan fingerprint density at radius 1 is 1.62 bits per heavy atom. The van der Waals surface area contributed by atoms with E-state index in [0.717, 1.165) is 0 Å². The maximum absolute atomic E-state index is 10.6. The summed E-state index contributed by atoms with van der Waals surface area (Å²) in [6, 6.07) is 4.76. The Kier molecular flexibility index (Phi) is 2.69. The summed E-state index contributed by atoms with van der Waals surface area (Å²) < 4.78 is 4.99. The lowest BCUT2D eigenvalue weighted by Gasteiger charge is -2.03. The molecule has 3 heteroatoms. The van der Waals surface area contributed by atoms with E-state index in [4.69, 9.17) is 9.84 Å². The van der Waals surface area contributed by atoms with Gasteiger partial charge in [-0.25, -0.2) is 4.79 Å². The summed E-state index contributed by atoms with van der Waals surface area (Å²) in [5.74, 6) is -0.333. The first-order chi connectivity index (χ1) is 6.15. The van der Waals surface area contributed by atoms with Gasteiger partial charge in [-0.15, -0.1) is 0 Å². The van der Waals surface area contributed by atoms with Crippen molar-refractivity contribution in [1.82, 2.24) is 0 Å². The van der Waals surface area contributed by atoms with Crippen molar-refractivity contribution >= 4 is 5.97 Å². The quantitative estimate of drug-likeness (QED) is 0.722. The average Bonchev–Trinajstić information content (AvgIpc) is 2.04. The van der Waals surface area contributed by atoms with Crippen LogP contribution >= 0.6 is 0 Å². The highest BCUT2D eigenvalue weighted by atomic mass is 16.5. The fourth-order valence-electron chi connectivity index (χ4n) is 1.05. The van der Waals surface area contributed by atoms with E-state index >= 15 is 0 Å². The fraction of sp³-hybridized carbons (Fsp3) is 0.100. The largest absolute Gasteiger partial charge is 0.478 e. The molecule has 0 unspecified atom stereocenters. The van der Waals surface area contributed by atoms with Gasteiger partial charge in [0.05, 0.1) is 11.8 Å². The molecule has 1 aromatic carbocycles. The van der Waals surface area contributed by atoms with Gasteiger partial charge in [-0.05, 0) is 30.7 Å². The molecular weight excluding hydrogens is 168 g/mol. The predicted octanol–water partition coefficient (Wildman–Crippen LogP) is 2.22. The van der Waals surface area contributed by atoms with Crippen molar-refractivity contribution in [1.29, 1.82) is 0 Å². The van der Waals surface area contributed by atoms with Crippen molar-refractivity contribution in [3.8, 4) is 5.75 Å². The number of aryl methyl sites for hydroxylation is 1. The highest BCUT2D eigenvalue weighted by molar-refractivity contribution is 5.89. The number of carboxylic acid groups (broad SMARTS) is 1. The molecule has 0 aromatic heterocycles. The molecule has 1 N–H and O–H groups in total. The summed E-state index contributed by atoms with van der Waals surface area (Å²) in [5, 5.41) is 8.73.